The quantitative estimate of drug-likeness (QED) is 0.400. The van der Waals surface area contributed by atoms with Gasteiger partial charge < -0.3 is 28.2 Å². The number of methoxy groups -OCH3 is 1. The predicted molar refractivity (Wildman–Crippen MR) is 131 cm³/mol. The van der Waals surface area contributed by atoms with Crippen LogP contribution >= 0.6 is 0 Å². The van der Waals surface area contributed by atoms with E-state index in [-0.39, 0.29) is 18.4 Å². The summed E-state index contributed by atoms with van der Waals surface area (Å²) in [5, 5.41) is 4.83. The van der Waals surface area contributed by atoms with Gasteiger partial charge in [-0.05, 0) is 44.2 Å². The van der Waals surface area contributed by atoms with Crippen LogP contribution < -0.4 is 9.47 Å². The topological polar surface area (TPSA) is 98.2 Å². The molecule has 36 heavy (non-hydrogen) atoms. The largest absolute Gasteiger partial charge is 0.493 e. The van der Waals surface area contributed by atoms with E-state index in [1.165, 1.54) is 7.11 Å². The molecule has 9 nitrogen and oxygen atoms in total. The summed E-state index contributed by atoms with van der Waals surface area (Å²) >= 11 is 0. The SMILES string of the molecule is COc1cc(C(=O)N2CCN(C(=O)c3cc4ccccc4o3)CC2)ccc1OCc1c(C)noc1C. The molecular weight excluding hydrogens is 462 g/mol. The lowest BCUT2D eigenvalue weighted by Crippen LogP contribution is -2.50. The standard InChI is InChI=1S/C27H27N3O6/c1-17-21(18(2)36-28-17)16-34-23-9-8-20(15-24(23)33-3)26(31)29-10-12-30(13-11-29)27(32)25-14-19-6-4-5-7-22(19)35-25/h4-9,14-15H,10-13,16H2,1-3H3. The van der Waals surface area contributed by atoms with Gasteiger partial charge in [-0.1, -0.05) is 23.4 Å². The van der Waals surface area contributed by atoms with Crippen molar-refractivity contribution in [1.29, 1.82) is 0 Å². The summed E-state index contributed by atoms with van der Waals surface area (Å²) in [6.45, 7) is 5.69. The summed E-state index contributed by atoms with van der Waals surface area (Å²) in [5.41, 5.74) is 2.83. The Balaban J connectivity index is 1.22. The van der Waals surface area contributed by atoms with Crippen molar-refractivity contribution in [3.05, 3.63) is 76.9 Å². The molecular formula is C27H27N3O6. The maximum Gasteiger partial charge on any atom is 0.289 e. The molecule has 0 atom stereocenters. The summed E-state index contributed by atoms with van der Waals surface area (Å²) in [6.07, 6.45) is 0. The molecule has 2 aromatic heterocycles. The second-order valence-corrected chi connectivity index (χ2v) is 8.69. The monoisotopic (exact) mass is 489 g/mol. The lowest BCUT2D eigenvalue weighted by atomic mass is 10.1. The molecule has 1 aliphatic rings. The fourth-order valence-corrected chi connectivity index (χ4v) is 4.32. The molecule has 0 bridgehead atoms. The molecule has 0 N–H and O–H groups in total. The van der Waals surface area contributed by atoms with Gasteiger partial charge in [0.15, 0.2) is 17.3 Å². The maximum atomic E-state index is 13.2. The fraction of sp³-hybridized carbons (Fsp3) is 0.296. The van der Waals surface area contributed by atoms with E-state index in [0.29, 0.717) is 60.3 Å². The number of amides is 2. The first-order valence-corrected chi connectivity index (χ1v) is 11.7. The van der Waals surface area contributed by atoms with Crippen molar-refractivity contribution in [1.82, 2.24) is 15.0 Å². The molecule has 0 radical (unpaired) electrons. The number of nitrogens with zero attached hydrogens (tertiary/aromatic N) is 3. The first kappa shape index (κ1) is 23.5. The average Bonchev–Trinajstić information content (AvgIpc) is 3.49. The molecule has 4 aromatic rings. The van der Waals surface area contributed by atoms with Crippen LogP contribution in [0.3, 0.4) is 0 Å². The highest BCUT2D eigenvalue weighted by molar-refractivity contribution is 5.97. The number of piperazine rings is 1. The molecule has 0 unspecified atom stereocenters. The Morgan fingerprint density at radius 2 is 1.67 bits per heavy atom. The molecule has 5 rings (SSSR count). The van der Waals surface area contributed by atoms with Crippen LogP contribution in [0.5, 0.6) is 11.5 Å². The van der Waals surface area contributed by atoms with Crippen LogP contribution in [-0.4, -0.2) is 60.1 Å². The number of benzene rings is 2. The second kappa shape index (κ2) is 9.77. The van der Waals surface area contributed by atoms with Gasteiger partial charge in [-0.2, -0.15) is 0 Å². The van der Waals surface area contributed by atoms with Gasteiger partial charge in [0.25, 0.3) is 11.8 Å². The number of aryl methyl sites for hydroxylation is 2. The Morgan fingerprint density at radius 1 is 0.944 bits per heavy atom. The summed E-state index contributed by atoms with van der Waals surface area (Å²) in [4.78, 5) is 29.5. The molecule has 0 saturated carbocycles. The predicted octanol–water partition coefficient (Wildman–Crippen LogP) is 4.22. The van der Waals surface area contributed by atoms with Gasteiger partial charge in [-0.3, -0.25) is 9.59 Å². The zero-order chi connectivity index (χ0) is 25.2. The van der Waals surface area contributed by atoms with E-state index in [4.69, 9.17) is 18.4 Å². The van der Waals surface area contributed by atoms with E-state index < -0.39 is 0 Å². The van der Waals surface area contributed by atoms with Crippen LogP contribution in [0, 0.1) is 13.8 Å². The molecule has 0 aliphatic carbocycles. The molecule has 9 heteroatoms. The van der Waals surface area contributed by atoms with Crippen LogP contribution in [0.4, 0.5) is 0 Å². The van der Waals surface area contributed by atoms with E-state index in [1.54, 1.807) is 34.1 Å². The number of furan rings is 1. The number of rotatable bonds is 6. The Kier molecular flexibility index (Phi) is 6.37. The van der Waals surface area contributed by atoms with Crippen molar-refractivity contribution >= 4 is 22.8 Å². The van der Waals surface area contributed by atoms with E-state index in [1.807, 2.05) is 38.1 Å². The summed E-state index contributed by atoms with van der Waals surface area (Å²) in [5.74, 6) is 1.71. The normalized spacial score (nSPS) is 13.8. The molecule has 1 saturated heterocycles. The number of carbonyl (C=O) groups excluding carboxylic acids is 2. The van der Waals surface area contributed by atoms with E-state index in [9.17, 15) is 9.59 Å². The molecule has 0 spiro atoms. The highest BCUT2D eigenvalue weighted by Gasteiger charge is 2.27. The smallest absolute Gasteiger partial charge is 0.289 e. The van der Waals surface area contributed by atoms with Crippen LogP contribution in [-0.2, 0) is 6.61 Å². The van der Waals surface area contributed by atoms with Crippen molar-refractivity contribution < 1.29 is 28.0 Å². The molecule has 1 aliphatic heterocycles. The lowest BCUT2D eigenvalue weighted by Gasteiger charge is -2.34. The highest BCUT2D eigenvalue weighted by Crippen LogP contribution is 2.30. The number of hydrogen-bond donors (Lipinski definition) is 0. The number of para-hydroxylation sites is 1. The minimum absolute atomic E-state index is 0.124. The van der Waals surface area contributed by atoms with Crippen molar-refractivity contribution in [3.63, 3.8) is 0 Å². The lowest BCUT2D eigenvalue weighted by molar-refractivity contribution is 0.0519. The average molecular weight is 490 g/mol. The van der Waals surface area contributed by atoms with Gasteiger partial charge in [0.2, 0.25) is 0 Å². The Bertz CT molecular complexity index is 1360. The number of ether oxygens (including phenoxy) is 2. The van der Waals surface area contributed by atoms with Crippen molar-refractivity contribution in [3.8, 4) is 11.5 Å². The third-order valence-electron chi connectivity index (χ3n) is 6.45. The third-order valence-corrected chi connectivity index (χ3v) is 6.45. The van der Waals surface area contributed by atoms with Gasteiger partial charge in [-0.15, -0.1) is 0 Å². The van der Waals surface area contributed by atoms with Gasteiger partial charge in [-0.25, -0.2) is 0 Å². The molecule has 186 valence electrons. The number of aromatic nitrogens is 1. The van der Waals surface area contributed by atoms with Gasteiger partial charge in [0, 0.05) is 37.1 Å². The Labute approximate surface area is 208 Å². The maximum absolute atomic E-state index is 13.2. The number of hydrogen-bond acceptors (Lipinski definition) is 7. The van der Waals surface area contributed by atoms with Crippen molar-refractivity contribution in [2.75, 3.05) is 33.3 Å². The minimum atomic E-state index is -0.167. The Morgan fingerprint density at radius 3 is 2.33 bits per heavy atom. The molecule has 2 aromatic carbocycles. The van der Waals surface area contributed by atoms with E-state index >= 15 is 0 Å². The summed E-state index contributed by atoms with van der Waals surface area (Å²) in [6, 6.07) is 14.4. The number of carbonyl (C=O) groups is 2. The summed E-state index contributed by atoms with van der Waals surface area (Å²) in [7, 11) is 1.54. The van der Waals surface area contributed by atoms with Crippen LogP contribution in [0.25, 0.3) is 11.0 Å². The summed E-state index contributed by atoms with van der Waals surface area (Å²) < 4.78 is 22.3. The van der Waals surface area contributed by atoms with Crippen LogP contribution in [0.2, 0.25) is 0 Å². The molecule has 1 fully saturated rings. The van der Waals surface area contributed by atoms with Gasteiger partial charge in [0.05, 0.1) is 18.4 Å². The fourth-order valence-electron chi connectivity index (χ4n) is 4.32. The second-order valence-electron chi connectivity index (χ2n) is 8.69. The number of fused-ring (bicyclic) bond motifs is 1. The van der Waals surface area contributed by atoms with Gasteiger partial charge >= 0.3 is 0 Å². The minimum Gasteiger partial charge on any atom is -0.493 e. The van der Waals surface area contributed by atoms with Crippen molar-refractivity contribution in [2.45, 2.75) is 20.5 Å². The Hall–Kier alpha value is -4.27. The van der Waals surface area contributed by atoms with E-state index in [0.717, 1.165) is 16.6 Å². The van der Waals surface area contributed by atoms with E-state index in [2.05, 4.69) is 5.16 Å². The molecule has 2 amide bonds. The zero-order valence-electron chi connectivity index (χ0n) is 20.4. The molecule has 3 heterocycles. The zero-order valence-corrected chi connectivity index (χ0v) is 20.4. The third kappa shape index (κ3) is 4.51. The first-order chi connectivity index (χ1) is 17.4. The first-order valence-electron chi connectivity index (χ1n) is 11.7. The van der Waals surface area contributed by atoms with Crippen LogP contribution in [0.1, 0.15) is 37.9 Å². The van der Waals surface area contributed by atoms with Crippen LogP contribution in [0.15, 0.2) is 57.5 Å². The van der Waals surface area contributed by atoms with Crippen molar-refractivity contribution in [2.24, 2.45) is 0 Å². The highest BCUT2D eigenvalue weighted by atomic mass is 16.5. The van der Waals surface area contributed by atoms with Gasteiger partial charge in [0.1, 0.15) is 18.0 Å².